The van der Waals surface area contributed by atoms with E-state index < -0.39 is 10.0 Å². The highest BCUT2D eigenvalue weighted by molar-refractivity contribution is 7.88. The topological polar surface area (TPSA) is 89.7 Å². The van der Waals surface area contributed by atoms with Crippen molar-refractivity contribution in [1.82, 2.24) is 24.1 Å². The van der Waals surface area contributed by atoms with Gasteiger partial charge >= 0.3 is 0 Å². The Morgan fingerprint density at radius 1 is 1.09 bits per heavy atom. The van der Waals surface area contributed by atoms with E-state index in [-0.39, 0.29) is 5.92 Å². The lowest BCUT2D eigenvalue weighted by Gasteiger charge is -2.29. The Balaban J connectivity index is 1.33. The summed E-state index contributed by atoms with van der Waals surface area (Å²) in [5, 5.41) is 14.2. The second kappa shape index (κ2) is 8.61. The first-order valence-corrected chi connectivity index (χ1v) is 13.1. The minimum atomic E-state index is -3.22. The number of fused-ring (bicyclic) bond motifs is 1. The molecule has 0 N–H and O–H groups in total. The first-order chi connectivity index (χ1) is 15.5. The molecule has 0 aliphatic carbocycles. The van der Waals surface area contributed by atoms with Crippen molar-refractivity contribution in [2.75, 3.05) is 19.3 Å². The van der Waals surface area contributed by atoms with Gasteiger partial charge < -0.3 is 4.74 Å². The van der Waals surface area contributed by atoms with Crippen LogP contribution in [0, 0.1) is 0 Å². The molecule has 0 spiro atoms. The first-order valence-electron chi connectivity index (χ1n) is 10.4. The fraction of sp³-hybridized carbons (Fsp3) is 0.318. The van der Waals surface area contributed by atoms with E-state index in [1.54, 1.807) is 4.52 Å². The molecule has 0 amide bonds. The zero-order chi connectivity index (χ0) is 22.1. The summed E-state index contributed by atoms with van der Waals surface area (Å²) in [7, 11) is -3.22. The van der Waals surface area contributed by atoms with Crippen LogP contribution in [-0.2, 0) is 16.6 Å². The van der Waals surface area contributed by atoms with Gasteiger partial charge in [0.2, 0.25) is 15.0 Å². The van der Waals surface area contributed by atoms with Crippen molar-refractivity contribution < 1.29 is 13.2 Å². The molecular weight excluding hydrogens is 446 g/mol. The van der Waals surface area contributed by atoms with E-state index in [0.717, 1.165) is 40.6 Å². The van der Waals surface area contributed by atoms with Crippen LogP contribution < -0.4 is 4.74 Å². The standard InChI is InChI=1S/C22H23N5O3S2/c1-32(28,29)26-13-5-8-18(14-26)20-23-24-22-27(20)25-21(31-22)17-9-11-19(12-10-17)30-15-16-6-3-2-4-7-16/h2-4,6-7,9-12,18H,5,8,13-15H2,1H3. The van der Waals surface area contributed by atoms with Crippen LogP contribution >= 0.6 is 11.3 Å². The molecule has 1 atom stereocenters. The molecule has 3 heterocycles. The Morgan fingerprint density at radius 2 is 1.88 bits per heavy atom. The fourth-order valence-corrected chi connectivity index (χ4v) is 5.66. The molecule has 2 aromatic carbocycles. The molecule has 32 heavy (non-hydrogen) atoms. The summed E-state index contributed by atoms with van der Waals surface area (Å²) in [5.41, 5.74) is 2.09. The maximum absolute atomic E-state index is 12.0. The molecule has 0 saturated carbocycles. The number of piperidine rings is 1. The third kappa shape index (κ3) is 4.38. The summed E-state index contributed by atoms with van der Waals surface area (Å²) < 4.78 is 33.1. The number of benzene rings is 2. The summed E-state index contributed by atoms with van der Waals surface area (Å²) in [4.78, 5) is 0.705. The highest BCUT2D eigenvalue weighted by Gasteiger charge is 2.30. The van der Waals surface area contributed by atoms with E-state index in [9.17, 15) is 8.42 Å². The van der Waals surface area contributed by atoms with Crippen molar-refractivity contribution in [3.63, 3.8) is 0 Å². The Kier molecular flexibility index (Phi) is 5.66. The second-order valence-electron chi connectivity index (χ2n) is 7.92. The van der Waals surface area contributed by atoms with Crippen LogP contribution in [0.4, 0.5) is 0 Å². The lowest BCUT2D eigenvalue weighted by Crippen LogP contribution is -2.38. The highest BCUT2D eigenvalue weighted by Crippen LogP contribution is 2.31. The molecule has 5 rings (SSSR count). The Hall–Kier alpha value is -2.82. The zero-order valence-corrected chi connectivity index (χ0v) is 19.2. The minimum absolute atomic E-state index is 0.0165. The quantitative estimate of drug-likeness (QED) is 0.429. The third-order valence-corrected chi connectivity index (χ3v) is 7.80. The van der Waals surface area contributed by atoms with Gasteiger partial charge in [0.05, 0.1) is 6.26 Å². The van der Waals surface area contributed by atoms with Crippen LogP contribution in [-0.4, -0.2) is 51.9 Å². The van der Waals surface area contributed by atoms with E-state index in [4.69, 9.17) is 9.84 Å². The van der Waals surface area contributed by atoms with Gasteiger partial charge in [0.15, 0.2) is 5.82 Å². The predicted octanol–water partition coefficient (Wildman–Crippen LogP) is 3.57. The van der Waals surface area contributed by atoms with Gasteiger partial charge in [0.25, 0.3) is 0 Å². The second-order valence-corrected chi connectivity index (χ2v) is 10.9. The number of aromatic nitrogens is 4. The van der Waals surface area contributed by atoms with Gasteiger partial charge in [0, 0.05) is 24.6 Å². The van der Waals surface area contributed by atoms with E-state index in [2.05, 4.69) is 10.2 Å². The molecule has 4 aromatic rings. The van der Waals surface area contributed by atoms with Crippen LogP contribution in [0.2, 0.25) is 0 Å². The SMILES string of the molecule is CS(=O)(=O)N1CCCC(c2nnc3sc(-c4ccc(OCc5ccccc5)cc4)nn23)C1. The van der Waals surface area contributed by atoms with Crippen LogP contribution in [0.25, 0.3) is 15.5 Å². The monoisotopic (exact) mass is 469 g/mol. The maximum Gasteiger partial charge on any atom is 0.234 e. The smallest absolute Gasteiger partial charge is 0.234 e. The molecule has 1 saturated heterocycles. The molecule has 166 valence electrons. The third-order valence-electron chi connectivity index (χ3n) is 5.58. The molecule has 1 aliphatic heterocycles. The van der Waals surface area contributed by atoms with Gasteiger partial charge in [-0.15, -0.1) is 10.2 Å². The van der Waals surface area contributed by atoms with Crippen molar-refractivity contribution in [3.05, 3.63) is 66.0 Å². The van der Waals surface area contributed by atoms with Gasteiger partial charge in [-0.25, -0.2) is 12.7 Å². The van der Waals surface area contributed by atoms with E-state index in [0.29, 0.717) is 24.7 Å². The predicted molar refractivity (Wildman–Crippen MR) is 123 cm³/mol. The Morgan fingerprint density at radius 3 is 2.62 bits per heavy atom. The van der Waals surface area contributed by atoms with Gasteiger partial charge in [-0.2, -0.15) is 9.61 Å². The molecular formula is C22H23N5O3S2. The molecule has 10 heteroatoms. The van der Waals surface area contributed by atoms with Crippen LogP contribution in [0.3, 0.4) is 0 Å². The average Bonchev–Trinajstić information content (AvgIpc) is 3.39. The lowest BCUT2D eigenvalue weighted by atomic mass is 9.99. The van der Waals surface area contributed by atoms with Crippen molar-refractivity contribution in [2.45, 2.75) is 25.4 Å². The molecule has 1 unspecified atom stereocenters. The number of sulfonamides is 1. The number of hydrogen-bond donors (Lipinski definition) is 0. The molecule has 1 fully saturated rings. The zero-order valence-electron chi connectivity index (χ0n) is 17.6. The molecule has 2 aromatic heterocycles. The Bertz CT molecular complexity index is 1320. The number of rotatable bonds is 6. The van der Waals surface area contributed by atoms with Crippen LogP contribution in [0.5, 0.6) is 5.75 Å². The van der Waals surface area contributed by atoms with Gasteiger partial charge in [0.1, 0.15) is 17.4 Å². The van der Waals surface area contributed by atoms with Crippen molar-refractivity contribution in [2.24, 2.45) is 0 Å². The summed E-state index contributed by atoms with van der Waals surface area (Å²) in [6.07, 6.45) is 2.92. The van der Waals surface area contributed by atoms with E-state index >= 15 is 0 Å². The molecule has 8 nitrogen and oxygen atoms in total. The van der Waals surface area contributed by atoms with E-state index in [1.165, 1.54) is 21.9 Å². The summed E-state index contributed by atoms with van der Waals surface area (Å²) >= 11 is 1.46. The fourth-order valence-electron chi connectivity index (χ4n) is 3.89. The largest absolute Gasteiger partial charge is 0.489 e. The molecule has 0 bridgehead atoms. The maximum atomic E-state index is 12.0. The van der Waals surface area contributed by atoms with Crippen LogP contribution in [0.1, 0.15) is 30.1 Å². The van der Waals surface area contributed by atoms with Crippen molar-refractivity contribution >= 4 is 26.3 Å². The minimum Gasteiger partial charge on any atom is -0.489 e. The van der Waals surface area contributed by atoms with Gasteiger partial charge in [-0.3, -0.25) is 0 Å². The Labute approximate surface area is 190 Å². The average molecular weight is 470 g/mol. The van der Waals surface area contributed by atoms with Crippen molar-refractivity contribution in [3.8, 4) is 16.3 Å². The number of hydrogen-bond acceptors (Lipinski definition) is 7. The molecule has 0 radical (unpaired) electrons. The van der Waals surface area contributed by atoms with E-state index in [1.807, 2.05) is 54.6 Å². The first kappa shape index (κ1) is 21.0. The lowest BCUT2D eigenvalue weighted by molar-refractivity contribution is 0.306. The summed E-state index contributed by atoms with van der Waals surface area (Å²) in [6.45, 7) is 1.49. The number of ether oxygens (including phenoxy) is 1. The van der Waals surface area contributed by atoms with Crippen LogP contribution in [0.15, 0.2) is 54.6 Å². The highest BCUT2D eigenvalue weighted by atomic mass is 32.2. The summed E-state index contributed by atoms with van der Waals surface area (Å²) in [6, 6.07) is 17.9. The summed E-state index contributed by atoms with van der Waals surface area (Å²) in [5.74, 6) is 1.50. The normalized spacial score (nSPS) is 17.6. The van der Waals surface area contributed by atoms with Gasteiger partial charge in [-0.05, 0) is 42.7 Å². The van der Waals surface area contributed by atoms with Crippen molar-refractivity contribution in [1.29, 1.82) is 0 Å². The number of nitrogens with zero attached hydrogens (tertiary/aromatic N) is 5. The van der Waals surface area contributed by atoms with Gasteiger partial charge in [-0.1, -0.05) is 41.7 Å². The molecule has 1 aliphatic rings.